The van der Waals surface area contributed by atoms with Crippen molar-refractivity contribution in [3.8, 4) is 5.75 Å². The van der Waals surface area contributed by atoms with Gasteiger partial charge in [-0.3, -0.25) is 0 Å². The van der Waals surface area contributed by atoms with Gasteiger partial charge in [-0.1, -0.05) is 53.2 Å². The first-order valence-electron chi connectivity index (χ1n) is 6.22. The smallest absolute Gasteiger partial charge is 0.131 e. The van der Waals surface area contributed by atoms with E-state index in [0.29, 0.717) is 11.3 Å². The standard InChI is InChI=1S/C16H16BrFO/c1-3-11-6-4-5-7-13(11)16(17)14-9-8-12(19-2)10-15(14)18/h4-10,16H,3H2,1-2H3. The van der Waals surface area contributed by atoms with Gasteiger partial charge >= 0.3 is 0 Å². The number of alkyl halides is 1. The third kappa shape index (κ3) is 2.98. The topological polar surface area (TPSA) is 9.23 Å². The molecule has 100 valence electrons. The minimum Gasteiger partial charge on any atom is -0.497 e. The van der Waals surface area contributed by atoms with Crippen molar-refractivity contribution < 1.29 is 9.13 Å². The Balaban J connectivity index is 2.41. The van der Waals surface area contributed by atoms with Crippen molar-refractivity contribution in [1.29, 1.82) is 0 Å². The van der Waals surface area contributed by atoms with Crippen LogP contribution in [0.2, 0.25) is 0 Å². The highest BCUT2D eigenvalue weighted by molar-refractivity contribution is 9.09. The fourth-order valence-electron chi connectivity index (χ4n) is 2.11. The Morgan fingerprint density at radius 1 is 1.16 bits per heavy atom. The Labute approximate surface area is 121 Å². The summed E-state index contributed by atoms with van der Waals surface area (Å²) < 4.78 is 19.1. The van der Waals surface area contributed by atoms with E-state index < -0.39 is 0 Å². The molecule has 0 heterocycles. The fraction of sp³-hybridized carbons (Fsp3) is 0.250. The minimum atomic E-state index is -0.257. The molecule has 3 heteroatoms. The van der Waals surface area contributed by atoms with Gasteiger partial charge in [0.1, 0.15) is 11.6 Å². The molecule has 0 aliphatic heterocycles. The number of rotatable bonds is 4. The van der Waals surface area contributed by atoms with Crippen molar-refractivity contribution in [3.63, 3.8) is 0 Å². The molecule has 2 rings (SSSR count). The molecule has 0 aromatic heterocycles. The maximum absolute atomic E-state index is 14.1. The third-order valence-corrected chi connectivity index (χ3v) is 4.18. The maximum Gasteiger partial charge on any atom is 0.131 e. The predicted octanol–water partition coefficient (Wildman–Crippen LogP) is 4.88. The lowest BCUT2D eigenvalue weighted by molar-refractivity contribution is 0.411. The number of halogens is 2. The van der Waals surface area contributed by atoms with Crippen LogP contribution in [-0.4, -0.2) is 7.11 Å². The van der Waals surface area contributed by atoms with Crippen molar-refractivity contribution in [1.82, 2.24) is 0 Å². The van der Waals surface area contributed by atoms with Crippen LogP contribution in [0.3, 0.4) is 0 Å². The molecular formula is C16H16BrFO. The molecule has 0 saturated carbocycles. The molecular weight excluding hydrogens is 307 g/mol. The molecule has 0 spiro atoms. The van der Waals surface area contributed by atoms with Crippen molar-refractivity contribution in [2.24, 2.45) is 0 Å². The quantitative estimate of drug-likeness (QED) is 0.729. The molecule has 0 radical (unpaired) electrons. The zero-order chi connectivity index (χ0) is 13.8. The Morgan fingerprint density at radius 3 is 2.53 bits per heavy atom. The van der Waals surface area contributed by atoms with Gasteiger partial charge in [0.25, 0.3) is 0 Å². The van der Waals surface area contributed by atoms with E-state index in [4.69, 9.17) is 4.74 Å². The number of ether oxygens (including phenoxy) is 1. The van der Waals surface area contributed by atoms with E-state index in [0.717, 1.165) is 12.0 Å². The monoisotopic (exact) mass is 322 g/mol. The van der Waals surface area contributed by atoms with Crippen LogP contribution in [0.1, 0.15) is 28.4 Å². The number of hydrogen-bond acceptors (Lipinski definition) is 1. The van der Waals surface area contributed by atoms with E-state index in [1.54, 1.807) is 12.1 Å². The second-order valence-electron chi connectivity index (χ2n) is 4.30. The molecule has 0 bridgehead atoms. The van der Waals surface area contributed by atoms with Gasteiger partial charge < -0.3 is 4.74 Å². The van der Waals surface area contributed by atoms with Crippen LogP contribution in [-0.2, 0) is 6.42 Å². The average molecular weight is 323 g/mol. The Hall–Kier alpha value is -1.35. The molecule has 19 heavy (non-hydrogen) atoms. The minimum absolute atomic E-state index is 0.144. The molecule has 0 fully saturated rings. The molecule has 1 nitrogen and oxygen atoms in total. The predicted molar refractivity (Wildman–Crippen MR) is 79.5 cm³/mol. The molecule has 1 atom stereocenters. The molecule has 0 aliphatic rings. The SMILES string of the molecule is CCc1ccccc1C(Br)c1ccc(OC)cc1F. The highest BCUT2D eigenvalue weighted by Gasteiger charge is 2.17. The van der Waals surface area contributed by atoms with Crippen molar-refractivity contribution >= 4 is 15.9 Å². The van der Waals surface area contributed by atoms with Gasteiger partial charge in [-0.15, -0.1) is 0 Å². The van der Waals surface area contributed by atoms with E-state index in [-0.39, 0.29) is 10.6 Å². The largest absolute Gasteiger partial charge is 0.497 e. The lowest BCUT2D eigenvalue weighted by atomic mass is 9.98. The van der Waals surface area contributed by atoms with Crippen LogP contribution >= 0.6 is 15.9 Å². The van der Waals surface area contributed by atoms with Gasteiger partial charge in [-0.05, 0) is 23.6 Å². The zero-order valence-electron chi connectivity index (χ0n) is 11.0. The van der Waals surface area contributed by atoms with Crippen LogP contribution in [0.5, 0.6) is 5.75 Å². The summed E-state index contributed by atoms with van der Waals surface area (Å²) in [5.74, 6) is 0.275. The van der Waals surface area contributed by atoms with Gasteiger partial charge in [-0.2, -0.15) is 0 Å². The van der Waals surface area contributed by atoms with Gasteiger partial charge in [0, 0.05) is 11.6 Å². The Kier molecular flexibility index (Phi) is 4.59. The van der Waals surface area contributed by atoms with E-state index in [9.17, 15) is 4.39 Å². The van der Waals surface area contributed by atoms with Gasteiger partial charge in [0.2, 0.25) is 0 Å². The molecule has 2 aromatic rings. The summed E-state index contributed by atoms with van der Waals surface area (Å²) >= 11 is 3.60. The van der Waals surface area contributed by atoms with Crippen molar-refractivity contribution in [2.45, 2.75) is 18.2 Å². The van der Waals surface area contributed by atoms with Gasteiger partial charge in [0.05, 0.1) is 11.9 Å². The number of aryl methyl sites for hydroxylation is 1. The molecule has 0 N–H and O–H groups in total. The highest BCUT2D eigenvalue weighted by Crippen LogP contribution is 2.35. The van der Waals surface area contributed by atoms with Crippen LogP contribution in [0.15, 0.2) is 42.5 Å². The van der Waals surface area contributed by atoms with Crippen molar-refractivity contribution in [3.05, 3.63) is 65.0 Å². The number of methoxy groups -OCH3 is 1. The summed E-state index contributed by atoms with van der Waals surface area (Å²) in [7, 11) is 1.53. The summed E-state index contributed by atoms with van der Waals surface area (Å²) in [4.78, 5) is -0.144. The Morgan fingerprint density at radius 2 is 1.89 bits per heavy atom. The van der Waals surface area contributed by atoms with E-state index in [1.807, 2.05) is 18.2 Å². The number of hydrogen-bond donors (Lipinski definition) is 0. The van der Waals surface area contributed by atoms with E-state index in [2.05, 4.69) is 28.9 Å². The molecule has 0 amide bonds. The first-order valence-corrected chi connectivity index (χ1v) is 7.14. The zero-order valence-corrected chi connectivity index (χ0v) is 12.6. The van der Waals surface area contributed by atoms with Crippen LogP contribution in [0.4, 0.5) is 4.39 Å². The Bertz CT molecular complexity index is 568. The summed E-state index contributed by atoms with van der Waals surface area (Å²) in [5, 5.41) is 0. The molecule has 0 saturated heterocycles. The highest BCUT2D eigenvalue weighted by atomic mass is 79.9. The van der Waals surface area contributed by atoms with E-state index in [1.165, 1.54) is 18.7 Å². The summed E-state index contributed by atoms with van der Waals surface area (Å²) in [5.41, 5.74) is 2.95. The first kappa shape index (κ1) is 14.1. The van der Waals surface area contributed by atoms with Crippen molar-refractivity contribution in [2.75, 3.05) is 7.11 Å². The summed E-state index contributed by atoms with van der Waals surface area (Å²) in [6, 6.07) is 13.0. The van der Waals surface area contributed by atoms with Crippen LogP contribution in [0, 0.1) is 5.82 Å². The maximum atomic E-state index is 14.1. The fourth-order valence-corrected chi connectivity index (χ4v) is 2.93. The molecule has 1 unspecified atom stereocenters. The second-order valence-corrected chi connectivity index (χ2v) is 5.22. The third-order valence-electron chi connectivity index (χ3n) is 3.19. The first-order chi connectivity index (χ1) is 9.17. The van der Waals surface area contributed by atoms with Crippen LogP contribution in [0.25, 0.3) is 0 Å². The van der Waals surface area contributed by atoms with Crippen LogP contribution < -0.4 is 4.74 Å². The average Bonchev–Trinajstić information content (AvgIpc) is 2.46. The summed E-state index contributed by atoms with van der Waals surface area (Å²) in [6.45, 7) is 2.10. The number of benzene rings is 2. The lowest BCUT2D eigenvalue weighted by Crippen LogP contribution is -2.00. The van der Waals surface area contributed by atoms with Gasteiger partial charge in [0.15, 0.2) is 0 Å². The van der Waals surface area contributed by atoms with Gasteiger partial charge in [-0.25, -0.2) is 4.39 Å². The molecule has 2 aromatic carbocycles. The second kappa shape index (κ2) is 6.20. The molecule has 0 aliphatic carbocycles. The lowest BCUT2D eigenvalue weighted by Gasteiger charge is -2.16. The summed E-state index contributed by atoms with van der Waals surface area (Å²) in [6.07, 6.45) is 0.927. The van der Waals surface area contributed by atoms with E-state index >= 15 is 0 Å². The normalized spacial score (nSPS) is 12.2.